The van der Waals surface area contributed by atoms with Gasteiger partial charge in [0.1, 0.15) is 5.82 Å². The van der Waals surface area contributed by atoms with Gasteiger partial charge in [-0.1, -0.05) is 0 Å². The number of pyridine rings is 1. The van der Waals surface area contributed by atoms with Crippen molar-refractivity contribution >= 4 is 21.6 Å². The van der Waals surface area contributed by atoms with Crippen molar-refractivity contribution in [1.29, 1.82) is 0 Å². The SMILES string of the molecule is Cc1cc(CO)cnc1Oc1cc(F)c(Br)cc1[N+](=O)[O-]. The van der Waals surface area contributed by atoms with Gasteiger partial charge in [-0.25, -0.2) is 9.37 Å². The monoisotopic (exact) mass is 356 g/mol. The third-order valence-corrected chi connectivity index (χ3v) is 3.28. The average Bonchev–Trinajstić information content (AvgIpc) is 2.44. The molecule has 0 atom stereocenters. The molecule has 1 aromatic heterocycles. The van der Waals surface area contributed by atoms with Crippen LogP contribution in [0.5, 0.6) is 11.6 Å². The summed E-state index contributed by atoms with van der Waals surface area (Å²) in [5.41, 5.74) is 0.770. The standard InChI is InChI=1S/C13H10BrFN2O4/c1-7-2-8(6-18)5-16-13(7)21-12-4-10(15)9(14)3-11(12)17(19)20/h2-5,18H,6H2,1H3. The number of nitro benzene ring substituents is 1. The van der Waals surface area contributed by atoms with Crippen molar-refractivity contribution in [2.24, 2.45) is 0 Å². The molecule has 0 unspecified atom stereocenters. The summed E-state index contributed by atoms with van der Waals surface area (Å²) >= 11 is 2.89. The predicted molar refractivity (Wildman–Crippen MR) is 75.7 cm³/mol. The van der Waals surface area contributed by atoms with Crippen LogP contribution in [0.3, 0.4) is 0 Å². The molecule has 0 aliphatic carbocycles. The Morgan fingerprint density at radius 1 is 1.48 bits per heavy atom. The van der Waals surface area contributed by atoms with Crippen LogP contribution in [-0.2, 0) is 6.61 Å². The van der Waals surface area contributed by atoms with Gasteiger partial charge in [0.15, 0.2) is 0 Å². The maximum absolute atomic E-state index is 13.5. The van der Waals surface area contributed by atoms with Gasteiger partial charge >= 0.3 is 5.69 Å². The van der Waals surface area contributed by atoms with E-state index in [0.29, 0.717) is 11.1 Å². The Morgan fingerprint density at radius 2 is 2.19 bits per heavy atom. The van der Waals surface area contributed by atoms with Crippen LogP contribution in [0.4, 0.5) is 10.1 Å². The van der Waals surface area contributed by atoms with Gasteiger partial charge in [0.2, 0.25) is 11.6 Å². The van der Waals surface area contributed by atoms with Gasteiger partial charge in [-0.3, -0.25) is 10.1 Å². The highest BCUT2D eigenvalue weighted by Gasteiger charge is 2.20. The Balaban J connectivity index is 2.43. The van der Waals surface area contributed by atoms with Crippen LogP contribution in [0.25, 0.3) is 0 Å². The number of benzene rings is 1. The number of ether oxygens (including phenoxy) is 1. The van der Waals surface area contributed by atoms with E-state index in [9.17, 15) is 14.5 Å². The predicted octanol–water partition coefficient (Wildman–Crippen LogP) is 3.48. The number of aliphatic hydroxyl groups excluding tert-OH is 1. The minimum Gasteiger partial charge on any atom is -0.431 e. The zero-order valence-electron chi connectivity index (χ0n) is 10.8. The van der Waals surface area contributed by atoms with E-state index in [0.717, 1.165) is 12.1 Å². The fraction of sp³-hybridized carbons (Fsp3) is 0.154. The summed E-state index contributed by atoms with van der Waals surface area (Å²) in [6, 6.07) is 3.58. The van der Waals surface area contributed by atoms with Crippen molar-refractivity contribution in [2.45, 2.75) is 13.5 Å². The van der Waals surface area contributed by atoms with E-state index in [-0.39, 0.29) is 28.4 Å². The molecule has 2 rings (SSSR count). The number of hydrogen-bond donors (Lipinski definition) is 1. The number of aliphatic hydroxyl groups is 1. The molecule has 0 saturated heterocycles. The first-order chi connectivity index (χ1) is 9.92. The van der Waals surface area contributed by atoms with Crippen LogP contribution >= 0.6 is 15.9 Å². The normalized spacial score (nSPS) is 10.5. The molecule has 1 aromatic carbocycles. The Bertz CT molecular complexity index is 709. The van der Waals surface area contributed by atoms with E-state index in [1.807, 2.05) is 0 Å². The molecule has 0 aliphatic rings. The number of aromatic nitrogens is 1. The smallest absolute Gasteiger partial charge is 0.312 e. The van der Waals surface area contributed by atoms with Crippen LogP contribution in [0.2, 0.25) is 0 Å². The lowest BCUT2D eigenvalue weighted by atomic mass is 10.2. The molecule has 110 valence electrons. The lowest BCUT2D eigenvalue weighted by Gasteiger charge is -2.09. The fourth-order valence-electron chi connectivity index (χ4n) is 1.66. The maximum atomic E-state index is 13.5. The van der Waals surface area contributed by atoms with Crippen LogP contribution in [0, 0.1) is 22.9 Å². The van der Waals surface area contributed by atoms with Crippen molar-refractivity contribution in [3.05, 3.63) is 55.9 Å². The van der Waals surface area contributed by atoms with Crippen molar-refractivity contribution < 1.29 is 19.2 Å². The molecule has 0 saturated carbocycles. The van der Waals surface area contributed by atoms with Gasteiger partial charge in [0.05, 0.1) is 16.0 Å². The quantitative estimate of drug-likeness (QED) is 0.669. The van der Waals surface area contributed by atoms with Gasteiger partial charge in [-0.2, -0.15) is 0 Å². The van der Waals surface area contributed by atoms with E-state index in [1.54, 1.807) is 13.0 Å². The highest BCUT2D eigenvalue weighted by atomic mass is 79.9. The second-order valence-electron chi connectivity index (χ2n) is 4.22. The summed E-state index contributed by atoms with van der Waals surface area (Å²) in [6.07, 6.45) is 1.38. The molecule has 6 nitrogen and oxygen atoms in total. The first-order valence-electron chi connectivity index (χ1n) is 5.80. The maximum Gasteiger partial charge on any atom is 0.312 e. The minimum absolute atomic E-state index is 0.0261. The first-order valence-corrected chi connectivity index (χ1v) is 6.59. The molecule has 21 heavy (non-hydrogen) atoms. The van der Waals surface area contributed by atoms with Gasteiger partial charge in [-0.05, 0) is 34.5 Å². The molecule has 2 aromatic rings. The molecule has 0 fully saturated rings. The molecular formula is C13H10BrFN2O4. The Hall–Kier alpha value is -2.06. The van der Waals surface area contributed by atoms with E-state index >= 15 is 0 Å². The lowest BCUT2D eigenvalue weighted by molar-refractivity contribution is -0.385. The second-order valence-corrected chi connectivity index (χ2v) is 5.07. The number of hydrogen-bond acceptors (Lipinski definition) is 5. The van der Waals surface area contributed by atoms with Crippen molar-refractivity contribution in [2.75, 3.05) is 0 Å². The molecule has 0 spiro atoms. The molecular weight excluding hydrogens is 347 g/mol. The largest absolute Gasteiger partial charge is 0.431 e. The molecule has 0 aliphatic heterocycles. The van der Waals surface area contributed by atoms with Crippen LogP contribution in [0.1, 0.15) is 11.1 Å². The van der Waals surface area contributed by atoms with Crippen molar-refractivity contribution in [3.8, 4) is 11.6 Å². The summed E-state index contributed by atoms with van der Waals surface area (Å²) in [5, 5.41) is 20.0. The summed E-state index contributed by atoms with van der Waals surface area (Å²) in [5.74, 6) is -0.815. The topological polar surface area (TPSA) is 85.5 Å². The Labute approximate surface area is 127 Å². The third kappa shape index (κ3) is 3.34. The van der Waals surface area contributed by atoms with Gasteiger partial charge in [0, 0.05) is 23.9 Å². The fourth-order valence-corrected chi connectivity index (χ4v) is 1.99. The summed E-state index contributed by atoms with van der Waals surface area (Å²) in [7, 11) is 0. The second kappa shape index (κ2) is 6.15. The van der Waals surface area contributed by atoms with Crippen LogP contribution in [0.15, 0.2) is 28.9 Å². The summed E-state index contributed by atoms with van der Waals surface area (Å²) in [6.45, 7) is 1.49. The average molecular weight is 357 g/mol. The zero-order chi connectivity index (χ0) is 15.6. The molecule has 0 amide bonds. The molecule has 1 N–H and O–H groups in total. The third-order valence-electron chi connectivity index (χ3n) is 2.67. The first kappa shape index (κ1) is 15.3. The number of aryl methyl sites for hydroxylation is 1. The van der Waals surface area contributed by atoms with E-state index in [2.05, 4.69) is 20.9 Å². The van der Waals surface area contributed by atoms with Crippen molar-refractivity contribution in [1.82, 2.24) is 4.98 Å². The Morgan fingerprint density at radius 3 is 2.76 bits per heavy atom. The van der Waals surface area contributed by atoms with Crippen LogP contribution in [-0.4, -0.2) is 15.0 Å². The number of rotatable bonds is 4. The van der Waals surface area contributed by atoms with Gasteiger partial charge in [0.25, 0.3) is 0 Å². The van der Waals surface area contributed by atoms with E-state index in [4.69, 9.17) is 9.84 Å². The molecule has 0 bridgehead atoms. The molecule has 0 radical (unpaired) electrons. The molecule has 8 heteroatoms. The molecule has 1 heterocycles. The van der Waals surface area contributed by atoms with E-state index in [1.165, 1.54) is 6.20 Å². The zero-order valence-corrected chi connectivity index (χ0v) is 12.4. The van der Waals surface area contributed by atoms with Crippen molar-refractivity contribution in [3.63, 3.8) is 0 Å². The van der Waals surface area contributed by atoms with E-state index < -0.39 is 10.7 Å². The lowest BCUT2D eigenvalue weighted by Crippen LogP contribution is -1.98. The number of halogens is 2. The highest BCUT2D eigenvalue weighted by molar-refractivity contribution is 9.10. The highest BCUT2D eigenvalue weighted by Crippen LogP contribution is 2.35. The summed E-state index contributed by atoms with van der Waals surface area (Å²) in [4.78, 5) is 14.3. The summed E-state index contributed by atoms with van der Waals surface area (Å²) < 4.78 is 18.9. The Kier molecular flexibility index (Phi) is 4.49. The van der Waals surface area contributed by atoms with Gasteiger partial charge < -0.3 is 9.84 Å². The van der Waals surface area contributed by atoms with Gasteiger partial charge in [-0.15, -0.1) is 0 Å². The van der Waals surface area contributed by atoms with Crippen LogP contribution < -0.4 is 4.74 Å². The number of nitrogens with zero attached hydrogens (tertiary/aromatic N) is 2. The number of nitro groups is 1. The minimum atomic E-state index is -0.680.